The first-order valence-corrected chi connectivity index (χ1v) is 7.27. The van der Waals surface area contributed by atoms with E-state index in [0.717, 1.165) is 10.6 Å². The van der Waals surface area contributed by atoms with E-state index >= 15 is 0 Å². The highest BCUT2D eigenvalue weighted by Gasteiger charge is 2.03. The Bertz CT molecular complexity index is 511. The van der Waals surface area contributed by atoms with E-state index in [-0.39, 0.29) is 0 Å². The molecule has 94 valence electrons. The molecule has 0 N–H and O–H groups in total. The molecule has 2 aromatic rings. The van der Waals surface area contributed by atoms with E-state index in [2.05, 4.69) is 0 Å². The molecule has 1 atom stereocenters. The van der Waals surface area contributed by atoms with Gasteiger partial charge in [-0.1, -0.05) is 29.8 Å². The number of hydrogen-bond donors (Lipinski definition) is 0. The van der Waals surface area contributed by atoms with Crippen molar-refractivity contribution in [3.05, 3.63) is 59.6 Å². The monoisotopic (exact) mass is 280 g/mol. The van der Waals surface area contributed by atoms with Crippen LogP contribution < -0.4 is 4.74 Å². The maximum absolute atomic E-state index is 11.9. The standard InChI is InChI=1S/C14H13ClO2S/c15-12-6-8-14(9-7-12)18(16)11-10-17-13-4-2-1-3-5-13/h1-9H,10-11H2/t18-/m1/s1. The number of ether oxygens (including phenoxy) is 1. The highest BCUT2D eigenvalue weighted by molar-refractivity contribution is 7.85. The molecule has 4 heteroatoms. The van der Waals surface area contributed by atoms with Crippen molar-refractivity contribution in [2.45, 2.75) is 4.90 Å². The molecule has 0 saturated carbocycles. The minimum absolute atomic E-state index is 0.430. The van der Waals surface area contributed by atoms with Crippen LogP contribution in [0.15, 0.2) is 59.5 Å². The number of benzene rings is 2. The average molecular weight is 281 g/mol. The zero-order valence-corrected chi connectivity index (χ0v) is 11.3. The Balaban J connectivity index is 1.84. The van der Waals surface area contributed by atoms with Crippen LogP contribution in [0.4, 0.5) is 0 Å². The summed E-state index contributed by atoms with van der Waals surface area (Å²) in [6.07, 6.45) is 0. The summed E-state index contributed by atoms with van der Waals surface area (Å²) in [5.74, 6) is 1.27. The summed E-state index contributed by atoms with van der Waals surface area (Å²) in [4.78, 5) is 0.774. The van der Waals surface area contributed by atoms with Gasteiger partial charge in [-0.25, -0.2) is 0 Å². The van der Waals surface area contributed by atoms with Crippen molar-refractivity contribution in [1.29, 1.82) is 0 Å². The third-order valence-corrected chi connectivity index (χ3v) is 3.94. The Kier molecular flexibility index (Phi) is 4.79. The molecule has 2 aromatic carbocycles. The molecule has 0 heterocycles. The summed E-state index contributed by atoms with van der Waals surface area (Å²) in [6.45, 7) is 0.430. The normalized spacial score (nSPS) is 12.1. The quantitative estimate of drug-likeness (QED) is 0.837. The smallest absolute Gasteiger partial charge is 0.119 e. The van der Waals surface area contributed by atoms with Crippen LogP contribution >= 0.6 is 11.6 Å². The fourth-order valence-corrected chi connectivity index (χ4v) is 2.49. The van der Waals surface area contributed by atoms with Gasteiger partial charge in [0.25, 0.3) is 0 Å². The summed E-state index contributed by atoms with van der Waals surface area (Å²) in [6, 6.07) is 16.5. The largest absolute Gasteiger partial charge is 0.493 e. The van der Waals surface area contributed by atoms with Gasteiger partial charge in [-0.2, -0.15) is 0 Å². The van der Waals surface area contributed by atoms with Crippen molar-refractivity contribution in [2.75, 3.05) is 12.4 Å². The fraction of sp³-hybridized carbons (Fsp3) is 0.143. The van der Waals surface area contributed by atoms with Crippen LogP contribution in [-0.2, 0) is 10.8 Å². The zero-order chi connectivity index (χ0) is 12.8. The molecule has 0 radical (unpaired) electrons. The molecule has 18 heavy (non-hydrogen) atoms. The van der Waals surface area contributed by atoms with E-state index in [4.69, 9.17) is 16.3 Å². The molecule has 2 rings (SSSR count). The lowest BCUT2D eigenvalue weighted by Gasteiger charge is -2.06. The van der Waals surface area contributed by atoms with Gasteiger partial charge in [0.15, 0.2) is 0 Å². The molecule has 0 amide bonds. The van der Waals surface area contributed by atoms with E-state index in [1.807, 2.05) is 30.3 Å². The Labute approximate surface area is 114 Å². The summed E-state index contributed by atoms with van der Waals surface area (Å²) >= 11 is 5.78. The topological polar surface area (TPSA) is 26.3 Å². The maximum atomic E-state index is 11.9. The van der Waals surface area contributed by atoms with Crippen LogP contribution in [0.2, 0.25) is 5.02 Å². The number of hydrogen-bond acceptors (Lipinski definition) is 2. The van der Waals surface area contributed by atoms with E-state index in [1.54, 1.807) is 24.3 Å². The Morgan fingerprint density at radius 1 is 1.00 bits per heavy atom. The highest BCUT2D eigenvalue weighted by atomic mass is 35.5. The van der Waals surface area contributed by atoms with Crippen molar-refractivity contribution in [1.82, 2.24) is 0 Å². The summed E-state index contributed by atoms with van der Waals surface area (Å²) in [7, 11) is -1.05. The Hall–Kier alpha value is -1.32. The minimum Gasteiger partial charge on any atom is -0.493 e. The molecule has 0 aliphatic rings. The van der Waals surface area contributed by atoms with Gasteiger partial charge in [-0.05, 0) is 36.4 Å². The molecule has 0 aromatic heterocycles. The average Bonchev–Trinajstić information content (AvgIpc) is 2.40. The zero-order valence-electron chi connectivity index (χ0n) is 9.71. The van der Waals surface area contributed by atoms with Crippen LogP contribution in [0.5, 0.6) is 5.75 Å². The third-order valence-electron chi connectivity index (χ3n) is 2.36. The molecule has 0 bridgehead atoms. The first-order chi connectivity index (χ1) is 8.75. The molecule has 0 aliphatic heterocycles. The molecular weight excluding hydrogens is 268 g/mol. The molecule has 2 nitrogen and oxygen atoms in total. The van der Waals surface area contributed by atoms with Crippen LogP contribution in [-0.4, -0.2) is 16.6 Å². The van der Waals surface area contributed by atoms with Crippen molar-refractivity contribution in [2.24, 2.45) is 0 Å². The lowest BCUT2D eigenvalue weighted by Crippen LogP contribution is -2.08. The van der Waals surface area contributed by atoms with Crippen molar-refractivity contribution in [3.63, 3.8) is 0 Å². The van der Waals surface area contributed by atoms with Gasteiger partial charge in [0, 0.05) is 9.92 Å². The first-order valence-electron chi connectivity index (χ1n) is 5.57. The molecular formula is C14H13ClO2S. The number of rotatable bonds is 5. The van der Waals surface area contributed by atoms with Gasteiger partial charge in [0.1, 0.15) is 12.4 Å². The predicted molar refractivity (Wildman–Crippen MR) is 74.7 cm³/mol. The van der Waals surface area contributed by atoms with E-state index in [0.29, 0.717) is 17.4 Å². The lowest BCUT2D eigenvalue weighted by atomic mass is 10.3. The van der Waals surface area contributed by atoms with Crippen LogP contribution in [0.1, 0.15) is 0 Å². The second kappa shape index (κ2) is 6.57. The lowest BCUT2D eigenvalue weighted by molar-refractivity contribution is 0.342. The molecule has 0 fully saturated rings. The number of para-hydroxylation sites is 1. The van der Waals surface area contributed by atoms with Gasteiger partial charge < -0.3 is 4.74 Å². The van der Waals surface area contributed by atoms with E-state index in [1.165, 1.54) is 0 Å². The van der Waals surface area contributed by atoms with E-state index in [9.17, 15) is 4.21 Å². The van der Waals surface area contributed by atoms with Gasteiger partial charge in [-0.15, -0.1) is 0 Å². The number of halogens is 1. The van der Waals surface area contributed by atoms with Gasteiger partial charge in [0.05, 0.1) is 16.6 Å². The second-order valence-corrected chi connectivity index (χ2v) is 5.67. The minimum atomic E-state index is -1.05. The van der Waals surface area contributed by atoms with Gasteiger partial charge in [0.2, 0.25) is 0 Å². The second-order valence-electron chi connectivity index (χ2n) is 3.67. The van der Waals surface area contributed by atoms with Gasteiger partial charge in [-0.3, -0.25) is 4.21 Å². The fourth-order valence-electron chi connectivity index (χ4n) is 1.46. The SMILES string of the molecule is O=[S@](CCOc1ccccc1)c1ccc(Cl)cc1. The van der Waals surface area contributed by atoms with Crippen LogP contribution in [0.25, 0.3) is 0 Å². The van der Waals surface area contributed by atoms with Crippen molar-refractivity contribution < 1.29 is 8.95 Å². The Morgan fingerprint density at radius 3 is 2.33 bits per heavy atom. The van der Waals surface area contributed by atoms with Crippen LogP contribution in [0.3, 0.4) is 0 Å². The first kappa shape index (κ1) is 13.1. The van der Waals surface area contributed by atoms with Crippen molar-refractivity contribution >= 4 is 22.4 Å². The predicted octanol–water partition coefficient (Wildman–Crippen LogP) is 3.53. The van der Waals surface area contributed by atoms with Crippen LogP contribution in [0, 0.1) is 0 Å². The maximum Gasteiger partial charge on any atom is 0.119 e. The third kappa shape index (κ3) is 3.86. The van der Waals surface area contributed by atoms with Crippen molar-refractivity contribution in [3.8, 4) is 5.75 Å². The van der Waals surface area contributed by atoms with Gasteiger partial charge >= 0.3 is 0 Å². The summed E-state index contributed by atoms with van der Waals surface area (Å²) < 4.78 is 17.4. The molecule has 0 spiro atoms. The van der Waals surface area contributed by atoms with E-state index < -0.39 is 10.8 Å². The summed E-state index contributed by atoms with van der Waals surface area (Å²) in [5, 5.41) is 0.649. The highest BCUT2D eigenvalue weighted by Crippen LogP contribution is 2.13. The molecule has 0 saturated heterocycles. The Morgan fingerprint density at radius 2 is 1.67 bits per heavy atom. The molecule has 0 unspecified atom stereocenters. The molecule has 0 aliphatic carbocycles. The summed E-state index contributed by atoms with van der Waals surface area (Å²) in [5.41, 5.74) is 0.